The highest BCUT2D eigenvalue weighted by Gasteiger charge is 2.20. The molecule has 2 nitrogen and oxygen atoms in total. The second-order valence-electron chi connectivity index (χ2n) is 6.27. The summed E-state index contributed by atoms with van der Waals surface area (Å²) in [4.78, 5) is 2.16. The minimum absolute atomic E-state index is 0.0653. The molecule has 110 valence electrons. The zero-order chi connectivity index (χ0) is 13.9. The Bertz CT molecular complexity index is 448. The Hall–Kier alpha value is -1.09. The van der Waals surface area contributed by atoms with E-state index in [1.807, 2.05) is 6.07 Å². The van der Waals surface area contributed by atoms with E-state index in [1.165, 1.54) is 38.5 Å². The Morgan fingerprint density at radius 2 is 1.85 bits per heavy atom. The Morgan fingerprint density at radius 3 is 2.50 bits per heavy atom. The maximum atomic E-state index is 14.3. The number of halogens is 1. The molecule has 1 saturated carbocycles. The second-order valence-corrected chi connectivity index (χ2v) is 6.27. The average molecular weight is 276 g/mol. The first-order valence-corrected chi connectivity index (χ1v) is 8.04. The summed E-state index contributed by atoms with van der Waals surface area (Å²) < 4.78 is 14.3. The van der Waals surface area contributed by atoms with Crippen molar-refractivity contribution in [2.45, 2.75) is 57.5 Å². The van der Waals surface area contributed by atoms with Gasteiger partial charge in [0, 0.05) is 25.2 Å². The molecule has 0 unspecified atom stereocenters. The van der Waals surface area contributed by atoms with Crippen molar-refractivity contribution in [2.24, 2.45) is 0 Å². The maximum Gasteiger partial charge on any atom is 0.146 e. The molecule has 1 saturated heterocycles. The highest BCUT2D eigenvalue weighted by molar-refractivity contribution is 5.50. The SMILES string of the molecule is C[C@H](NC1CCCC1)c1ccc(N2CCCC2)c(F)c1. The van der Waals surface area contributed by atoms with Crippen LogP contribution in [0.2, 0.25) is 0 Å². The summed E-state index contributed by atoms with van der Waals surface area (Å²) in [6.45, 7) is 4.13. The lowest BCUT2D eigenvalue weighted by Gasteiger charge is -2.22. The number of benzene rings is 1. The van der Waals surface area contributed by atoms with Crippen LogP contribution in [-0.4, -0.2) is 19.1 Å². The minimum Gasteiger partial charge on any atom is -0.369 e. The quantitative estimate of drug-likeness (QED) is 0.893. The Labute approximate surface area is 121 Å². The van der Waals surface area contributed by atoms with Crippen LogP contribution in [-0.2, 0) is 0 Å². The van der Waals surface area contributed by atoms with Crippen molar-refractivity contribution in [1.29, 1.82) is 0 Å². The van der Waals surface area contributed by atoms with E-state index in [-0.39, 0.29) is 11.9 Å². The monoisotopic (exact) mass is 276 g/mol. The van der Waals surface area contributed by atoms with Crippen LogP contribution in [0.15, 0.2) is 18.2 Å². The fourth-order valence-electron chi connectivity index (χ4n) is 3.55. The van der Waals surface area contributed by atoms with E-state index in [1.54, 1.807) is 6.07 Å². The standard InChI is InChI=1S/C17H25FN2/c1-13(19-15-6-2-3-7-15)14-8-9-17(16(18)12-14)20-10-4-5-11-20/h8-9,12-13,15,19H,2-7,10-11H2,1H3/t13-/m0/s1. The molecular weight excluding hydrogens is 251 g/mol. The average Bonchev–Trinajstić information content (AvgIpc) is 3.11. The molecule has 3 heteroatoms. The van der Waals surface area contributed by atoms with Crippen molar-refractivity contribution in [1.82, 2.24) is 5.32 Å². The van der Waals surface area contributed by atoms with Crippen molar-refractivity contribution in [3.05, 3.63) is 29.6 Å². The molecule has 2 aliphatic rings. The van der Waals surface area contributed by atoms with Crippen molar-refractivity contribution < 1.29 is 4.39 Å². The summed E-state index contributed by atoms with van der Waals surface area (Å²) in [5.74, 6) is -0.0653. The van der Waals surface area contributed by atoms with E-state index in [9.17, 15) is 4.39 Å². The Kier molecular flexibility index (Phi) is 4.25. The number of hydrogen-bond acceptors (Lipinski definition) is 2. The van der Waals surface area contributed by atoms with E-state index >= 15 is 0 Å². The number of anilines is 1. The molecule has 3 rings (SSSR count). The van der Waals surface area contributed by atoms with Crippen LogP contribution in [0, 0.1) is 5.82 Å². The number of hydrogen-bond donors (Lipinski definition) is 1. The molecule has 0 amide bonds. The largest absolute Gasteiger partial charge is 0.369 e. The maximum absolute atomic E-state index is 14.3. The summed E-state index contributed by atoms with van der Waals surface area (Å²) in [7, 11) is 0. The van der Waals surface area contributed by atoms with Gasteiger partial charge in [0.15, 0.2) is 0 Å². The van der Waals surface area contributed by atoms with Crippen LogP contribution in [0.3, 0.4) is 0 Å². The molecule has 0 aromatic heterocycles. The van der Waals surface area contributed by atoms with Gasteiger partial charge in [0.05, 0.1) is 5.69 Å². The van der Waals surface area contributed by atoms with Gasteiger partial charge in [0.25, 0.3) is 0 Å². The molecule has 20 heavy (non-hydrogen) atoms. The molecule has 1 N–H and O–H groups in total. The van der Waals surface area contributed by atoms with Crippen LogP contribution in [0.25, 0.3) is 0 Å². The van der Waals surface area contributed by atoms with Crippen LogP contribution >= 0.6 is 0 Å². The van der Waals surface area contributed by atoms with E-state index in [2.05, 4.69) is 23.2 Å². The van der Waals surface area contributed by atoms with Crippen LogP contribution in [0.4, 0.5) is 10.1 Å². The van der Waals surface area contributed by atoms with Gasteiger partial charge in [0.1, 0.15) is 5.82 Å². The van der Waals surface area contributed by atoms with Crippen molar-refractivity contribution in [2.75, 3.05) is 18.0 Å². The summed E-state index contributed by atoms with van der Waals surface area (Å²) in [5.41, 5.74) is 1.84. The lowest BCUT2D eigenvalue weighted by atomic mass is 10.1. The predicted octanol–water partition coefficient (Wildman–Crippen LogP) is 4.02. The van der Waals surface area contributed by atoms with Gasteiger partial charge in [0.2, 0.25) is 0 Å². The van der Waals surface area contributed by atoms with Gasteiger partial charge in [-0.25, -0.2) is 4.39 Å². The normalized spacial score (nSPS) is 21.6. The van der Waals surface area contributed by atoms with Gasteiger partial charge in [-0.1, -0.05) is 18.9 Å². The molecule has 0 spiro atoms. The van der Waals surface area contributed by atoms with Crippen LogP contribution < -0.4 is 10.2 Å². The number of rotatable bonds is 4. The van der Waals surface area contributed by atoms with Crippen molar-refractivity contribution in [3.63, 3.8) is 0 Å². The first-order valence-electron chi connectivity index (χ1n) is 8.04. The topological polar surface area (TPSA) is 15.3 Å². The molecule has 1 aliphatic carbocycles. The van der Waals surface area contributed by atoms with E-state index in [0.29, 0.717) is 6.04 Å². The van der Waals surface area contributed by atoms with Gasteiger partial charge in [-0.3, -0.25) is 0 Å². The summed E-state index contributed by atoms with van der Waals surface area (Å²) in [6.07, 6.45) is 7.54. The molecular formula is C17H25FN2. The van der Waals surface area contributed by atoms with E-state index in [4.69, 9.17) is 0 Å². The third-order valence-corrected chi connectivity index (χ3v) is 4.76. The molecule has 2 fully saturated rings. The van der Waals surface area contributed by atoms with E-state index in [0.717, 1.165) is 24.3 Å². The van der Waals surface area contributed by atoms with Crippen LogP contribution in [0.1, 0.15) is 57.1 Å². The number of nitrogens with one attached hydrogen (secondary N) is 1. The zero-order valence-corrected chi connectivity index (χ0v) is 12.4. The summed E-state index contributed by atoms with van der Waals surface area (Å²) >= 11 is 0. The first kappa shape index (κ1) is 13.9. The highest BCUT2D eigenvalue weighted by Crippen LogP contribution is 2.27. The molecule has 0 bridgehead atoms. The molecule has 1 heterocycles. The van der Waals surface area contributed by atoms with Gasteiger partial charge >= 0.3 is 0 Å². The van der Waals surface area contributed by atoms with Crippen molar-refractivity contribution in [3.8, 4) is 0 Å². The number of nitrogens with zero attached hydrogens (tertiary/aromatic N) is 1. The van der Waals surface area contributed by atoms with E-state index < -0.39 is 0 Å². The second kappa shape index (κ2) is 6.13. The molecule has 1 aromatic carbocycles. The zero-order valence-electron chi connectivity index (χ0n) is 12.4. The third-order valence-electron chi connectivity index (χ3n) is 4.76. The van der Waals surface area contributed by atoms with Crippen LogP contribution in [0.5, 0.6) is 0 Å². The minimum atomic E-state index is -0.0653. The Morgan fingerprint density at radius 1 is 1.15 bits per heavy atom. The summed E-state index contributed by atoms with van der Waals surface area (Å²) in [6, 6.07) is 6.62. The summed E-state index contributed by atoms with van der Waals surface area (Å²) in [5, 5.41) is 3.63. The molecule has 0 radical (unpaired) electrons. The predicted molar refractivity (Wildman–Crippen MR) is 81.7 cm³/mol. The molecule has 1 aliphatic heterocycles. The third kappa shape index (κ3) is 2.98. The van der Waals surface area contributed by atoms with Crippen molar-refractivity contribution >= 4 is 5.69 Å². The van der Waals surface area contributed by atoms with Gasteiger partial charge in [-0.05, 0) is 50.3 Å². The lowest BCUT2D eigenvalue weighted by Crippen LogP contribution is -2.29. The fraction of sp³-hybridized carbons (Fsp3) is 0.647. The fourth-order valence-corrected chi connectivity index (χ4v) is 3.55. The lowest BCUT2D eigenvalue weighted by molar-refractivity contribution is 0.459. The Balaban J connectivity index is 1.68. The molecule has 1 atom stereocenters. The van der Waals surface area contributed by atoms with Gasteiger partial charge in [-0.15, -0.1) is 0 Å². The smallest absolute Gasteiger partial charge is 0.146 e. The van der Waals surface area contributed by atoms with Gasteiger partial charge < -0.3 is 10.2 Å². The first-order chi connectivity index (χ1) is 9.74. The highest BCUT2D eigenvalue weighted by atomic mass is 19.1. The molecule has 1 aromatic rings. The van der Waals surface area contributed by atoms with Gasteiger partial charge in [-0.2, -0.15) is 0 Å².